The van der Waals surface area contributed by atoms with Gasteiger partial charge in [0.2, 0.25) is 23.4 Å². The Kier molecular flexibility index (Phi) is 4.13. The number of hydrogen-bond donors (Lipinski definition) is 2. The van der Waals surface area contributed by atoms with Gasteiger partial charge < -0.3 is 15.2 Å². The van der Waals surface area contributed by atoms with Crippen LogP contribution < -0.4 is 10.6 Å². The van der Waals surface area contributed by atoms with Crippen LogP contribution in [0.25, 0.3) is 11.6 Å². The van der Waals surface area contributed by atoms with E-state index in [-0.39, 0.29) is 18.3 Å². The van der Waals surface area contributed by atoms with Crippen molar-refractivity contribution in [2.75, 3.05) is 6.54 Å². The van der Waals surface area contributed by atoms with Gasteiger partial charge in [0, 0.05) is 12.4 Å². The van der Waals surface area contributed by atoms with Gasteiger partial charge in [0.1, 0.15) is 12.1 Å². The Morgan fingerprint density at radius 2 is 2.00 bits per heavy atom. The topological polar surface area (TPSA) is 143 Å². The summed E-state index contributed by atoms with van der Waals surface area (Å²) >= 11 is 0. The zero-order valence-corrected chi connectivity index (χ0v) is 13.5. The lowest BCUT2D eigenvalue weighted by Gasteiger charge is -2.15. The zero-order valence-electron chi connectivity index (χ0n) is 13.5. The maximum atomic E-state index is 12.0. The molecular formula is C14H15N7O4. The highest BCUT2D eigenvalue weighted by molar-refractivity contribution is 6.08. The Balaban J connectivity index is 1.56. The molecule has 2 aromatic rings. The van der Waals surface area contributed by atoms with Crippen molar-refractivity contribution in [3.8, 4) is 11.6 Å². The van der Waals surface area contributed by atoms with E-state index in [1.807, 2.05) is 0 Å². The van der Waals surface area contributed by atoms with Gasteiger partial charge in [-0.05, 0) is 19.9 Å². The molecule has 25 heavy (non-hydrogen) atoms. The molecule has 0 atom stereocenters. The van der Waals surface area contributed by atoms with E-state index in [0.29, 0.717) is 5.82 Å². The quantitative estimate of drug-likeness (QED) is 0.689. The monoisotopic (exact) mass is 345 g/mol. The second-order valence-electron chi connectivity index (χ2n) is 5.81. The highest BCUT2D eigenvalue weighted by atomic mass is 16.5. The van der Waals surface area contributed by atoms with Crippen molar-refractivity contribution in [1.82, 2.24) is 35.6 Å². The number of carbonyl (C=O) groups is 3. The molecule has 3 heterocycles. The molecule has 0 saturated carbocycles. The molecule has 130 valence electrons. The van der Waals surface area contributed by atoms with Crippen LogP contribution in [0.3, 0.4) is 0 Å². The van der Waals surface area contributed by atoms with Crippen LogP contribution in [0, 0.1) is 0 Å². The lowest BCUT2D eigenvalue weighted by atomic mass is 10.1. The smallest absolute Gasteiger partial charge is 0.325 e. The summed E-state index contributed by atoms with van der Waals surface area (Å²) in [5.74, 6) is -0.356. The van der Waals surface area contributed by atoms with E-state index >= 15 is 0 Å². The molecule has 11 nitrogen and oxygen atoms in total. The molecule has 0 unspecified atom stereocenters. The third kappa shape index (κ3) is 3.44. The predicted octanol–water partition coefficient (Wildman–Crippen LogP) is -0.527. The van der Waals surface area contributed by atoms with Crippen LogP contribution in [-0.2, 0) is 16.1 Å². The summed E-state index contributed by atoms with van der Waals surface area (Å²) in [6, 6.07) is 1.05. The molecule has 0 spiro atoms. The van der Waals surface area contributed by atoms with Crippen LogP contribution in [0.5, 0.6) is 0 Å². The van der Waals surface area contributed by atoms with Crippen LogP contribution in [0.15, 0.2) is 23.0 Å². The predicted molar refractivity (Wildman–Crippen MR) is 81.5 cm³/mol. The van der Waals surface area contributed by atoms with Gasteiger partial charge in [-0.3, -0.25) is 14.5 Å². The summed E-state index contributed by atoms with van der Waals surface area (Å²) in [4.78, 5) is 48.6. The van der Waals surface area contributed by atoms with Crippen molar-refractivity contribution in [3.63, 3.8) is 0 Å². The summed E-state index contributed by atoms with van der Waals surface area (Å²) in [5, 5.41) is 8.73. The molecule has 0 radical (unpaired) electrons. The summed E-state index contributed by atoms with van der Waals surface area (Å²) in [5.41, 5.74) is -1.02. The van der Waals surface area contributed by atoms with Crippen LogP contribution in [0.2, 0.25) is 0 Å². The number of aromatic nitrogens is 4. The van der Waals surface area contributed by atoms with Gasteiger partial charge in [0.25, 0.3) is 5.91 Å². The van der Waals surface area contributed by atoms with Gasteiger partial charge in [0.05, 0.1) is 6.54 Å². The molecule has 1 aliphatic heterocycles. The summed E-state index contributed by atoms with van der Waals surface area (Å²) in [7, 11) is 0. The first-order valence-corrected chi connectivity index (χ1v) is 7.37. The number of nitrogens with one attached hydrogen (secondary N) is 2. The molecular weight excluding hydrogens is 330 g/mol. The van der Waals surface area contributed by atoms with Crippen LogP contribution in [0.1, 0.15) is 19.7 Å². The van der Waals surface area contributed by atoms with Gasteiger partial charge in [-0.15, -0.1) is 0 Å². The number of carbonyl (C=O) groups excluding carboxylic acids is 3. The van der Waals surface area contributed by atoms with E-state index < -0.39 is 29.9 Å². The first-order chi connectivity index (χ1) is 11.9. The van der Waals surface area contributed by atoms with E-state index in [9.17, 15) is 14.4 Å². The number of nitrogens with zero attached hydrogens (tertiary/aromatic N) is 5. The third-order valence-electron chi connectivity index (χ3n) is 3.42. The number of urea groups is 1. The van der Waals surface area contributed by atoms with Crippen LogP contribution in [0.4, 0.5) is 4.79 Å². The molecule has 11 heteroatoms. The van der Waals surface area contributed by atoms with E-state index in [2.05, 4.69) is 30.7 Å². The van der Waals surface area contributed by atoms with Crippen molar-refractivity contribution in [3.05, 3.63) is 24.4 Å². The Morgan fingerprint density at radius 3 is 2.64 bits per heavy atom. The van der Waals surface area contributed by atoms with Crippen LogP contribution in [-0.4, -0.2) is 54.9 Å². The number of rotatable bonds is 5. The summed E-state index contributed by atoms with van der Waals surface area (Å²) < 4.78 is 5.00. The van der Waals surface area contributed by atoms with Crippen LogP contribution >= 0.6 is 0 Å². The molecule has 4 amide bonds. The normalized spacial score (nSPS) is 16.0. The molecule has 0 aliphatic carbocycles. The standard InChI is InChI=1S/C14H15N7O4/c1-14(2)12(23)21(13(24)19-14)7-8(22)17-6-9-18-11(20-25-9)10-15-4-3-5-16-10/h3-5H,6-7H2,1-2H3,(H,17,22)(H,19,24). The second-order valence-corrected chi connectivity index (χ2v) is 5.81. The van der Waals surface area contributed by atoms with Crippen molar-refractivity contribution >= 4 is 17.8 Å². The Bertz CT molecular complexity index is 818. The maximum Gasteiger partial charge on any atom is 0.325 e. The number of imide groups is 1. The molecule has 2 N–H and O–H groups in total. The average Bonchev–Trinajstić information content (AvgIpc) is 3.13. The third-order valence-corrected chi connectivity index (χ3v) is 3.42. The van der Waals surface area contributed by atoms with Crippen molar-refractivity contribution < 1.29 is 18.9 Å². The molecule has 0 bridgehead atoms. The number of hydrogen-bond acceptors (Lipinski definition) is 8. The maximum absolute atomic E-state index is 12.0. The largest absolute Gasteiger partial charge is 0.345 e. The molecule has 0 aromatic carbocycles. The van der Waals surface area contributed by atoms with E-state index in [1.54, 1.807) is 32.3 Å². The van der Waals surface area contributed by atoms with Crippen molar-refractivity contribution in [1.29, 1.82) is 0 Å². The first kappa shape index (κ1) is 16.5. The van der Waals surface area contributed by atoms with Gasteiger partial charge in [-0.2, -0.15) is 4.98 Å². The molecule has 1 aliphatic rings. The summed E-state index contributed by atoms with van der Waals surface area (Å²) in [6.07, 6.45) is 3.08. The second kappa shape index (κ2) is 6.26. The minimum atomic E-state index is -1.02. The Hall–Kier alpha value is -3.37. The first-order valence-electron chi connectivity index (χ1n) is 7.37. The average molecular weight is 345 g/mol. The molecule has 1 fully saturated rings. The summed E-state index contributed by atoms with van der Waals surface area (Å²) in [6.45, 7) is 2.69. The SMILES string of the molecule is CC1(C)NC(=O)N(CC(=O)NCc2nc(-c3ncccn3)no2)C1=O. The fraction of sp³-hybridized carbons (Fsp3) is 0.357. The lowest BCUT2D eigenvalue weighted by Crippen LogP contribution is -2.43. The fourth-order valence-electron chi connectivity index (χ4n) is 2.17. The zero-order chi connectivity index (χ0) is 18.0. The molecule has 3 rings (SSSR count). The van der Waals surface area contributed by atoms with Crippen molar-refractivity contribution in [2.24, 2.45) is 0 Å². The highest BCUT2D eigenvalue weighted by Crippen LogP contribution is 2.16. The van der Waals surface area contributed by atoms with Gasteiger partial charge in [-0.25, -0.2) is 14.8 Å². The minimum Gasteiger partial charge on any atom is -0.345 e. The Labute approximate surface area is 141 Å². The van der Waals surface area contributed by atoms with E-state index in [4.69, 9.17) is 4.52 Å². The minimum absolute atomic E-state index is 0.0499. The van der Waals surface area contributed by atoms with E-state index in [0.717, 1.165) is 4.90 Å². The lowest BCUT2D eigenvalue weighted by molar-refractivity contribution is -0.134. The number of amides is 4. The van der Waals surface area contributed by atoms with E-state index in [1.165, 1.54) is 0 Å². The van der Waals surface area contributed by atoms with Crippen molar-refractivity contribution in [2.45, 2.75) is 25.9 Å². The highest BCUT2D eigenvalue weighted by Gasteiger charge is 2.44. The van der Waals surface area contributed by atoms with Gasteiger partial charge >= 0.3 is 6.03 Å². The molecule has 1 saturated heterocycles. The molecule has 2 aromatic heterocycles. The van der Waals surface area contributed by atoms with Gasteiger partial charge in [0.15, 0.2) is 0 Å². The van der Waals surface area contributed by atoms with Gasteiger partial charge in [-0.1, -0.05) is 5.16 Å². The Morgan fingerprint density at radius 1 is 1.28 bits per heavy atom. The fourth-order valence-corrected chi connectivity index (χ4v) is 2.17.